The maximum atomic E-state index is 13.5. The second-order valence-electron chi connectivity index (χ2n) is 5.27. The van der Waals surface area contributed by atoms with E-state index < -0.39 is 11.8 Å². The smallest absolute Gasteiger partial charge is 0.319 e. The van der Waals surface area contributed by atoms with E-state index >= 15 is 0 Å². The van der Waals surface area contributed by atoms with Gasteiger partial charge >= 0.3 is 6.03 Å². The third kappa shape index (κ3) is 3.49. The lowest BCUT2D eigenvalue weighted by molar-refractivity contribution is 0.248. The van der Waals surface area contributed by atoms with Crippen molar-refractivity contribution < 1.29 is 13.6 Å². The quantitative estimate of drug-likeness (QED) is 0.857. The molecule has 1 atom stereocenters. The van der Waals surface area contributed by atoms with E-state index in [1.54, 1.807) is 17.8 Å². The minimum Gasteiger partial charge on any atom is -0.331 e. The molecule has 0 radical (unpaired) electrons. The van der Waals surface area contributed by atoms with Crippen molar-refractivity contribution in [3.05, 3.63) is 59.2 Å². The number of hydrogen-bond donors (Lipinski definition) is 2. The number of carbonyl (C=O) groups excluding carboxylic acids is 1. The molecule has 1 heterocycles. The van der Waals surface area contributed by atoms with Gasteiger partial charge in [0.1, 0.15) is 17.7 Å². The molecule has 0 aliphatic carbocycles. The van der Waals surface area contributed by atoms with Crippen LogP contribution in [0.5, 0.6) is 0 Å². The molecule has 2 amide bonds. The highest BCUT2D eigenvalue weighted by Gasteiger charge is 2.23. The molecule has 0 fully saturated rings. The Morgan fingerprint density at radius 1 is 1.21 bits per heavy atom. The van der Waals surface area contributed by atoms with Gasteiger partial charge in [-0.2, -0.15) is 5.26 Å². The van der Waals surface area contributed by atoms with Crippen LogP contribution in [0.1, 0.15) is 23.6 Å². The Morgan fingerprint density at radius 2 is 1.96 bits per heavy atom. The predicted octanol–water partition coefficient (Wildman–Crippen LogP) is 4.20. The van der Waals surface area contributed by atoms with Gasteiger partial charge in [0.15, 0.2) is 0 Å². The van der Waals surface area contributed by atoms with Crippen molar-refractivity contribution in [2.24, 2.45) is 0 Å². The van der Waals surface area contributed by atoms with Gasteiger partial charge < -0.3 is 10.6 Å². The van der Waals surface area contributed by atoms with Gasteiger partial charge in [0, 0.05) is 10.6 Å². The molecule has 0 aromatic heterocycles. The Bertz CT molecular complexity index is 835. The molecule has 0 saturated heterocycles. The zero-order valence-corrected chi connectivity index (χ0v) is 13.3. The maximum Gasteiger partial charge on any atom is 0.319 e. The fraction of sp³-hybridized carbons (Fsp3) is 0.176. The number of amides is 2. The van der Waals surface area contributed by atoms with Gasteiger partial charge in [0.25, 0.3) is 0 Å². The number of halogens is 2. The molecule has 0 bridgehead atoms. The van der Waals surface area contributed by atoms with E-state index in [4.69, 9.17) is 5.26 Å². The highest BCUT2D eigenvalue weighted by Crippen LogP contribution is 2.36. The lowest BCUT2D eigenvalue weighted by atomic mass is 10.0. The second kappa shape index (κ2) is 6.89. The molecule has 0 saturated carbocycles. The summed E-state index contributed by atoms with van der Waals surface area (Å²) in [6.07, 6.45) is 0.670. The number of nitrogens with one attached hydrogen (secondary N) is 2. The van der Waals surface area contributed by atoms with Crippen LogP contribution in [-0.4, -0.2) is 11.8 Å². The molecule has 7 heteroatoms. The van der Waals surface area contributed by atoms with Crippen LogP contribution in [0.25, 0.3) is 0 Å². The van der Waals surface area contributed by atoms with E-state index in [9.17, 15) is 13.6 Å². The third-order valence-corrected chi connectivity index (χ3v) is 4.79. The van der Waals surface area contributed by atoms with Gasteiger partial charge in [0.2, 0.25) is 0 Å². The van der Waals surface area contributed by atoms with Gasteiger partial charge in [-0.25, -0.2) is 13.6 Å². The van der Waals surface area contributed by atoms with Crippen LogP contribution in [0.4, 0.5) is 19.3 Å². The van der Waals surface area contributed by atoms with Gasteiger partial charge in [0.05, 0.1) is 17.3 Å². The molecule has 3 rings (SSSR count). The van der Waals surface area contributed by atoms with Crippen molar-refractivity contribution in [3.8, 4) is 6.07 Å². The minimum atomic E-state index is -0.550. The highest BCUT2D eigenvalue weighted by atomic mass is 32.2. The number of thioether (sulfide) groups is 1. The maximum absolute atomic E-state index is 13.5. The summed E-state index contributed by atoms with van der Waals surface area (Å²) in [4.78, 5) is 13.1. The lowest BCUT2D eigenvalue weighted by Gasteiger charge is -2.26. The van der Waals surface area contributed by atoms with Crippen molar-refractivity contribution >= 4 is 23.5 Å². The van der Waals surface area contributed by atoms with Crippen LogP contribution in [-0.2, 0) is 0 Å². The molecule has 2 aromatic rings. The van der Waals surface area contributed by atoms with Crippen LogP contribution in [0.15, 0.2) is 41.3 Å². The van der Waals surface area contributed by atoms with E-state index in [1.165, 1.54) is 24.3 Å². The number of rotatable bonds is 2. The van der Waals surface area contributed by atoms with Crippen molar-refractivity contribution in [1.82, 2.24) is 5.32 Å². The molecular weight excluding hydrogens is 332 g/mol. The number of fused-ring (bicyclic) bond motifs is 1. The first kappa shape index (κ1) is 16.3. The average Bonchev–Trinajstić information content (AvgIpc) is 2.57. The van der Waals surface area contributed by atoms with Gasteiger partial charge in [-0.05, 0) is 48.4 Å². The number of hydrogen-bond acceptors (Lipinski definition) is 3. The fourth-order valence-electron chi connectivity index (χ4n) is 2.55. The summed E-state index contributed by atoms with van der Waals surface area (Å²) in [7, 11) is 0. The van der Waals surface area contributed by atoms with Crippen LogP contribution in [0.3, 0.4) is 0 Å². The minimum absolute atomic E-state index is 0.0378. The predicted molar refractivity (Wildman–Crippen MR) is 87.8 cm³/mol. The highest BCUT2D eigenvalue weighted by molar-refractivity contribution is 7.99. The van der Waals surface area contributed by atoms with Crippen molar-refractivity contribution in [1.29, 1.82) is 5.26 Å². The molecule has 0 spiro atoms. The molecule has 1 aliphatic heterocycles. The summed E-state index contributed by atoms with van der Waals surface area (Å²) < 4.78 is 26.6. The summed E-state index contributed by atoms with van der Waals surface area (Å²) in [5, 5.41) is 14.3. The molecule has 1 unspecified atom stereocenters. The van der Waals surface area contributed by atoms with Crippen molar-refractivity contribution in [3.63, 3.8) is 0 Å². The average molecular weight is 345 g/mol. The molecule has 2 aromatic carbocycles. The molecule has 1 aliphatic rings. The zero-order chi connectivity index (χ0) is 17.1. The first-order chi connectivity index (χ1) is 11.6. The van der Waals surface area contributed by atoms with E-state index in [2.05, 4.69) is 10.6 Å². The molecule has 2 N–H and O–H groups in total. The normalized spacial score (nSPS) is 16.0. The van der Waals surface area contributed by atoms with E-state index in [1.807, 2.05) is 6.07 Å². The van der Waals surface area contributed by atoms with Gasteiger partial charge in [-0.15, -0.1) is 11.8 Å². The van der Waals surface area contributed by atoms with E-state index in [-0.39, 0.29) is 23.1 Å². The van der Waals surface area contributed by atoms with Crippen molar-refractivity contribution in [2.75, 3.05) is 11.1 Å². The number of anilines is 1. The number of carbonyl (C=O) groups is 1. The Morgan fingerprint density at radius 3 is 2.75 bits per heavy atom. The van der Waals surface area contributed by atoms with Crippen molar-refractivity contribution in [2.45, 2.75) is 17.4 Å². The number of nitrogens with zero attached hydrogens (tertiary/aromatic N) is 1. The topological polar surface area (TPSA) is 64.9 Å². The summed E-state index contributed by atoms with van der Waals surface area (Å²) in [6.45, 7) is 0. The van der Waals surface area contributed by atoms with Crippen LogP contribution < -0.4 is 10.6 Å². The number of nitriles is 1. The molecule has 122 valence electrons. The molecular formula is C17H13F2N3OS. The Kier molecular flexibility index (Phi) is 4.67. The van der Waals surface area contributed by atoms with Crippen LogP contribution in [0, 0.1) is 23.0 Å². The Balaban J connectivity index is 1.75. The third-order valence-electron chi connectivity index (χ3n) is 3.67. The summed E-state index contributed by atoms with van der Waals surface area (Å²) >= 11 is 1.62. The van der Waals surface area contributed by atoms with Gasteiger partial charge in [-0.3, -0.25) is 0 Å². The summed E-state index contributed by atoms with van der Waals surface area (Å²) in [6, 6.07) is 9.06. The fourth-order valence-corrected chi connectivity index (χ4v) is 3.66. The van der Waals surface area contributed by atoms with Crippen LogP contribution in [0.2, 0.25) is 0 Å². The Labute approximate surface area is 141 Å². The Hall–Kier alpha value is -2.59. The summed E-state index contributed by atoms with van der Waals surface area (Å²) in [5.74, 6) is -0.0937. The SMILES string of the molecule is N#Cc1cc(F)ccc1NC(=O)NC1CCSc2ccc(F)cc21. The standard InChI is InChI=1S/C17H13F2N3OS/c18-11-1-3-14(10(7-11)9-20)21-17(23)22-15-5-6-24-16-4-2-12(19)8-13(15)16/h1-4,7-8,15H,5-6H2,(H2,21,22,23). The van der Waals surface area contributed by atoms with E-state index in [0.29, 0.717) is 6.42 Å². The lowest BCUT2D eigenvalue weighted by Crippen LogP contribution is -2.34. The first-order valence-corrected chi connectivity index (χ1v) is 8.25. The second-order valence-corrected chi connectivity index (χ2v) is 6.41. The number of benzene rings is 2. The largest absolute Gasteiger partial charge is 0.331 e. The molecule has 4 nitrogen and oxygen atoms in total. The molecule has 24 heavy (non-hydrogen) atoms. The zero-order valence-electron chi connectivity index (χ0n) is 12.5. The number of urea groups is 1. The van der Waals surface area contributed by atoms with Gasteiger partial charge in [-0.1, -0.05) is 0 Å². The van der Waals surface area contributed by atoms with Crippen LogP contribution >= 0.6 is 11.8 Å². The van der Waals surface area contributed by atoms with E-state index in [0.717, 1.165) is 22.3 Å². The first-order valence-electron chi connectivity index (χ1n) is 7.26. The monoisotopic (exact) mass is 345 g/mol. The summed E-state index contributed by atoms with van der Waals surface area (Å²) in [5.41, 5.74) is 0.998.